The van der Waals surface area contributed by atoms with Gasteiger partial charge in [-0.05, 0) is 43.7 Å². The largest absolute Gasteiger partial charge is 0.490 e. The van der Waals surface area contributed by atoms with Crippen molar-refractivity contribution in [3.63, 3.8) is 0 Å². The lowest BCUT2D eigenvalue weighted by atomic mass is 9.90. The highest BCUT2D eigenvalue weighted by atomic mass is 35.5. The number of piperidine rings is 1. The van der Waals surface area contributed by atoms with Crippen molar-refractivity contribution in [2.45, 2.75) is 45.9 Å². The SMILES string of the molecule is Cc1cc(C)n(CC(=O)N2CC[C@H](Oc3cccc(Cl)c3)[C@@H](CC(=O)N(C)Cc3ccccc3)C2)n1. The van der Waals surface area contributed by atoms with Crippen LogP contribution in [0.2, 0.25) is 5.02 Å². The standard InChI is InChI=1S/C28H33ClN4O3/c1-20-14-21(2)33(30-20)19-28(35)32-13-12-26(36-25-11-7-10-24(29)16-25)23(18-32)15-27(34)31(3)17-22-8-5-4-6-9-22/h4-11,14,16,23,26H,12-13,15,17-19H2,1-3H3/t23-,26-/m0/s1. The van der Waals surface area contributed by atoms with Crippen LogP contribution in [0, 0.1) is 19.8 Å². The van der Waals surface area contributed by atoms with E-state index in [9.17, 15) is 9.59 Å². The first-order valence-corrected chi connectivity index (χ1v) is 12.6. The lowest BCUT2D eigenvalue weighted by molar-refractivity contribution is -0.139. The number of hydrogen-bond acceptors (Lipinski definition) is 4. The van der Waals surface area contributed by atoms with Crippen molar-refractivity contribution in [3.05, 3.63) is 82.6 Å². The van der Waals surface area contributed by atoms with Gasteiger partial charge in [0, 0.05) is 56.2 Å². The van der Waals surface area contributed by atoms with E-state index in [1.54, 1.807) is 21.7 Å². The topological polar surface area (TPSA) is 67.7 Å². The maximum Gasteiger partial charge on any atom is 0.244 e. The third-order valence-electron chi connectivity index (χ3n) is 6.61. The zero-order valence-electron chi connectivity index (χ0n) is 21.1. The number of amides is 2. The number of carbonyl (C=O) groups excluding carboxylic acids is 2. The van der Waals surface area contributed by atoms with Crippen molar-refractivity contribution in [3.8, 4) is 5.75 Å². The molecule has 1 aliphatic heterocycles. The van der Waals surface area contributed by atoms with E-state index in [0.717, 1.165) is 17.0 Å². The van der Waals surface area contributed by atoms with Crippen LogP contribution in [0.15, 0.2) is 60.7 Å². The van der Waals surface area contributed by atoms with Gasteiger partial charge in [0.05, 0.1) is 5.69 Å². The predicted molar refractivity (Wildman–Crippen MR) is 140 cm³/mol. The van der Waals surface area contributed by atoms with Crippen LogP contribution < -0.4 is 4.74 Å². The van der Waals surface area contributed by atoms with Crippen molar-refractivity contribution in [1.82, 2.24) is 19.6 Å². The Labute approximate surface area is 217 Å². The van der Waals surface area contributed by atoms with Gasteiger partial charge in [-0.2, -0.15) is 5.10 Å². The van der Waals surface area contributed by atoms with Gasteiger partial charge in [0.25, 0.3) is 0 Å². The summed E-state index contributed by atoms with van der Waals surface area (Å²) in [5.74, 6) is 0.548. The van der Waals surface area contributed by atoms with Crippen LogP contribution in [0.1, 0.15) is 29.8 Å². The molecule has 8 heteroatoms. The normalized spacial score (nSPS) is 17.6. The van der Waals surface area contributed by atoms with Crippen molar-refractivity contribution in [1.29, 1.82) is 0 Å². The molecule has 0 radical (unpaired) electrons. The van der Waals surface area contributed by atoms with E-state index in [1.807, 2.05) is 74.3 Å². The minimum absolute atomic E-state index is 0.00232. The van der Waals surface area contributed by atoms with Crippen LogP contribution in [0.5, 0.6) is 5.75 Å². The summed E-state index contributed by atoms with van der Waals surface area (Å²) in [5, 5.41) is 5.02. The number of nitrogens with zero attached hydrogens (tertiary/aromatic N) is 4. The van der Waals surface area contributed by atoms with Crippen LogP contribution in [0.3, 0.4) is 0 Å². The Kier molecular flexibility index (Phi) is 8.31. The number of halogens is 1. The Morgan fingerprint density at radius 1 is 1.11 bits per heavy atom. The third kappa shape index (κ3) is 6.66. The Bertz CT molecular complexity index is 1200. The molecule has 3 aromatic rings. The molecule has 0 aliphatic carbocycles. The van der Waals surface area contributed by atoms with Gasteiger partial charge < -0.3 is 14.5 Å². The number of hydrogen-bond donors (Lipinski definition) is 0. The second-order valence-electron chi connectivity index (χ2n) is 9.53. The Hall–Kier alpha value is -3.32. The zero-order chi connectivity index (χ0) is 25.7. The van der Waals surface area contributed by atoms with Gasteiger partial charge in [0.1, 0.15) is 18.4 Å². The van der Waals surface area contributed by atoms with E-state index in [2.05, 4.69) is 5.10 Å². The molecular formula is C28H33ClN4O3. The monoisotopic (exact) mass is 508 g/mol. The number of carbonyl (C=O) groups is 2. The molecule has 1 aromatic heterocycles. The van der Waals surface area contributed by atoms with Crippen molar-refractivity contribution >= 4 is 23.4 Å². The Morgan fingerprint density at radius 2 is 1.89 bits per heavy atom. The lowest BCUT2D eigenvalue weighted by Crippen LogP contribution is -2.50. The van der Waals surface area contributed by atoms with Gasteiger partial charge in [-0.25, -0.2) is 0 Å². The summed E-state index contributed by atoms with van der Waals surface area (Å²) in [7, 11) is 1.82. The molecule has 2 amide bonds. The molecule has 7 nitrogen and oxygen atoms in total. The summed E-state index contributed by atoms with van der Waals surface area (Å²) in [6.45, 7) is 5.60. The fourth-order valence-corrected chi connectivity index (χ4v) is 4.87. The van der Waals surface area contributed by atoms with Gasteiger partial charge >= 0.3 is 0 Å². The van der Waals surface area contributed by atoms with E-state index in [0.29, 0.717) is 36.8 Å². The summed E-state index contributed by atoms with van der Waals surface area (Å²) in [6, 6.07) is 19.2. The van der Waals surface area contributed by atoms with Crippen LogP contribution in [0.4, 0.5) is 0 Å². The summed E-state index contributed by atoms with van der Waals surface area (Å²) in [6.07, 6.45) is 0.726. The molecule has 1 saturated heterocycles. The number of rotatable bonds is 8. The average Bonchev–Trinajstić information content (AvgIpc) is 3.16. The second kappa shape index (κ2) is 11.6. The molecule has 2 aromatic carbocycles. The molecular weight excluding hydrogens is 476 g/mol. The number of likely N-dealkylation sites (tertiary alicyclic amines) is 1. The molecule has 2 heterocycles. The highest BCUT2D eigenvalue weighted by Gasteiger charge is 2.35. The Balaban J connectivity index is 1.46. The summed E-state index contributed by atoms with van der Waals surface area (Å²) in [4.78, 5) is 29.9. The molecule has 0 saturated carbocycles. The van der Waals surface area contributed by atoms with Crippen molar-refractivity contribution in [2.75, 3.05) is 20.1 Å². The summed E-state index contributed by atoms with van der Waals surface area (Å²) < 4.78 is 8.04. The van der Waals surface area contributed by atoms with Crippen LogP contribution >= 0.6 is 11.6 Å². The number of ether oxygens (including phenoxy) is 1. The molecule has 1 fully saturated rings. The second-order valence-corrected chi connectivity index (χ2v) is 9.96. The van der Waals surface area contributed by atoms with Crippen LogP contribution in [-0.4, -0.2) is 57.6 Å². The molecule has 36 heavy (non-hydrogen) atoms. The first-order valence-electron chi connectivity index (χ1n) is 12.3. The van der Waals surface area contributed by atoms with E-state index < -0.39 is 0 Å². The number of benzene rings is 2. The van der Waals surface area contributed by atoms with Gasteiger partial charge in [-0.1, -0.05) is 48.0 Å². The predicted octanol–water partition coefficient (Wildman–Crippen LogP) is 4.50. The van der Waals surface area contributed by atoms with Crippen LogP contribution in [0.25, 0.3) is 0 Å². The minimum Gasteiger partial charge on any atom is -0.490 e. The zero-order valence-corrected chi connectivity index (χ0v) is 21.8. The van der Waals surface area contributed by atoms with E-state index in [1.165, 1.54) is 0 Å². The summed E-state index contributed by atoms with van der Waals surface area (Å²) >= 11 is 6.16. The fraction of sp³-hybridized carbons (Fsp3) is 0.393. The summed E-state index contributed by atoms with van der Waals surface area (Å²) in [5.41, 5.74) is 2.92. The van der Waals surface area contributed by atoms with E-state index in [4.69, 9.17) is 16.3 Å². The van der Waals surface area contributed by atoms with Gasteiger partial charge in [-0.15, -0.1) is 0 Å². The molecule has 2 atom stereocenters. The number of aromatic nitrogens is 2. The van der Waals surface area contributed by atoms with Gasteiger partial charge in [0.15, 0.2) is 0 Å². The van der Waals surface area contributed by atoms with Crippen molar-refractivity contribution in [2.24, 2.45) is 5.92 Å². The molecule has 0 N–H and O–H groups in total. The smallest absolute Gasteiger partial charge is 0.244 e. The molecule has 4 rings (SSSR count). The first kappa shape index (κ1) is 25.8. The van der Waals surface area contributed by atoms with Gasteiger partial charge in [0.2, 0.25) is 11.8 Å². The molecule has 1 aliphatic rings. The maximum absolute atomic E-state index is 13.2. The highest BCUT2D eigenvalue weighted by molar-refractivity contribution is 6.30. The molecule has 0 unspecified atom stereocenters. The quantitative estimate of drug-likeness (QED) is 0.449. The molecule has 190 valence electrons. The number of aryl methyl sites for hydroxylation is 2. The maximum atomic E-state index is 13.2. The average molecular weight is 509 g/mol. The third-order valence-corrected chi connectivity index (χ3v) is 6.85. The molecule has 0 spiro atoms. The van der Waals surface area contributed by atoms with Crippen molar-refractivity contribution < 1.29 is 14.3 Å². The first-order chi connectivity index (χ1) is 17.3. The van der Waals surface area contributed by atoms with E-state index in [-0.39, 0.29) is 36.8 Å². The van der Waals surface area contributed by atoms with E-state index >= 15 is 0 Å². The molecule has 0 bridgehead atoms. The lowest BCUT2D eigenvalue weighted by Gasteiger charge is -2.39. The van der Waals surface area contributed by atoms with Gasteiger partial charge in [-0.3, -0.25) is 14.3 Å². The van der Waals surface area contributed by atoms with Crippen LogP contribution in [-0.2, 0) is 22.7 Å². The Morgan fingerprint density at radius 3 is 2.58 bits per heavy atom. The fourth-order valence-electron chi connectivity index (χ4n) is 4.69. The minimum atomic E-state index is -0.199. The highest BCUT2D eigenvalue weighted by Crippen LogP contribution is 2.28.